The number of fused-ring (bicyclic) bond motifs is 1. The molecular weight excluding hydrogens is 336 g/mol. The fourth-order valence-corrected chi connectivity index (χ4v) is 2.20. The van der Waals surface area contributed by atoms with Crippen LogP contribution >= 0.6 is 15.9 Å². The average Bonchev–Trinajstić information content (AvgIpc) is 2.74. The average molecular weight is 351 g/mol. The maximum atomic E-state index is 12.2. The van der Waals surface area contributed by atoms with Gasteiger partial charge in [0.25, 0.3) is 0 Å². The van der Waals surface area contributed by atoms with Gasteiger partial charge in [-0.3, -0.25) is 9.59 Å². The minimum absolute atomic E-state index is 0.122. The number of rotatable bonds is 4. The number of anilines is 1. The molecule has 1 aromatic carbocycles. The van der Waals surface area contributed by atoms with Crippen LogP contribution in [0.15, 0.2) is 39.4 Å². The monoisotopic (exact) mass is 350 g/mol. The van der Waals surface area contributed by atoms with Gasteiger partial charge in [0, 0.05) is 43.2 Å². The van der Waals surface area contributed by atoms with E-state index in [1.165, 1.54) is 13.0 Å². The summed E-state index contributed by atoms with van der Waals surface area (Å²) in [6.07, 6.45) is 3.03. The Morgan fingerprint density at radius 1 is 1.33 bits per heavy atom. The minimum atomic E-state index is -0.306. The molecule has 0 bridgehead atoms. The van der Waals surface area contributed by atoms with Crippen molar-refractivity contribution in [2.24, 2.45) is 0 Å². The largest absolute Gasteiger partial charge is 0.450 e. The summed E-state index contributed by atoms with van der Waals surface area (Å²) in [7, 11) is 3.63. The molecule has 0 aliphatic rings. The summed E-state index contributed by atoms with van der Waals surface area (Å²) in [5.74, 6) is -0.445. The first-order valence-electron chi connectivity index (χ1n) is 6.27. The molecule has 6 heteroatoms. The highest BCUT2D eigenvalue weighted by atomic mass is 79.9. The van der Waals surface area contributed by atoms with Gasteiger partial charge in [0.1, 0.15) is 5.58 Å². The molecule has 0 unspecified atom stereocenters. The molecule has 1 amide bonds. The van der Waals surface area contributed by atoms with Crippen LogP contribution in [0.4, 0.5) is 5.69 Å². The molecule has 0 spiro atoms. The Balaban J connectivity index is 2.56. The van der Waals surface area contributed by atoms with Crippen LogP contribution in [0.25, 0.3) is 11.0 Å². The van der Waals surface area contributed by atoms with Gasteiger partial charge in [0.2, 0.25) is 11.7 Å². The van der Waals surface area contributed by atoms with Crippen LogP contribution in [0, 0.1) is 0 Å². The van der Waals surface area contributed by atoms with Crippen molar-refractivity contribution in [2.45, 2.75) is 6.92 Å². The van der Waals surface area contributed by atoms with E-state index in [9.17, 15) is 9.59 Å². The Kier molecular flexibility index (Phi) is 4.47. The lowest BCUT2D eigenvalue weighted by atomic mass is 10.2. The molecule has 21 heavy (non-hydrogen) atoms. The van der Waals surface area contributed by atoms with Gasteiger partial charge in [0.15, 0.2) is 5.76 Å². The number of hydrogen-bond donors (Lipinski definition) is 1. The van der Waals surface area contributed by atoms with E-state index in [2.05, 4.69) is 21.2 Å². The summed E-state index contributed by atoms with van der Waals surface area (Å²) in [6.45, 7) is 1.39. The Bertz CT molecular complexity index is 732. The van der Waals surface area contributed by atoms with E-state index in [1.54, 1.807) is 23.2 Å². The maximum absolute atomic E-state index is 12.2. The fourth-order valence-electron chi connectivity index (χ4n) is 1.84. The van der Waals surface area contributed by atoms with Crippen molar-refractivity contribution in [1.82, 2.24) is 4.90 Å². The summed E-state index contributed by atoms with van der Waals surface area (Å²) in [4.78, 5) is 25.4. The molecule has 110 valence electrons. The minimum Gasteiger partial charge on any atom is -0.450 e. The highest BCUT2D eigenvalue weighted by Gasteiger charge is 2.20. The Morgan fingerprint density at radius 3 is 2.67 bits per heavy atom. The number of allylic oxidation sites excluding steroid dienone is 1. The highest BCUT2D eigenvalue weighted by Crippen LogP contribution is 2.33. The molecule has 2 rings (SSSR count). The number of carbonyl (C=O) groups excluding carboxylic acids is 2. The molecular formula is C15H15BrN2O3. The number of hydrogen-bond acceptors (Lipinski definition) is 4. The standard InChI is InChI=1S/C15H15BrN2O3/c1-9(19)17-14-11-8-10(16)4-5-13(11)21-15(14)12(20)6-7-18(2)3/h4-8H,1-3H3,(H,17,19). The van der Waals surface area contributed by atoms with Gasteiger partial charge in [-0.15, -0.1) is 0 Å². The SMILES string of the molecule is CC(=O)Nc1c(C(=O)C=CN(C)C)oc2ccc(Br)cc12. The molecule has 0 atom stereocenters. The molecule has 1 aromatic heterocycles. The van der Waals surface area contributed by atoms with Crippen molar-refractivity contribution in [3.63, 3.8) is 0 Å². The fraction of sp³-hybridized carbons (Fsp3) is 0.200. The van der Waals surface area contributed by atoms with Crippen LogP contribution in [-0.4, -0.2) is 30.7 Å². The smallest absolute Gasteiger partial charge is 0.224 e. The van der Waals surface area contributed by atoms with Gasteiger partial charge in [-0.25, -0.2) is 0 Å². The van der Waals surface area contributed by atoms with Crippen molar-refractivity contribution in [2.75, 3.05) is 19.4 Å². The molecule has 1 N–H and O–H groups in total. The third-order valence-electron chi connectivity index (χ3n) is 2.70. The second-order valence-electron chi connectivity index (χ2n) is 4.77. The van der Waals surface area contributed by atoms with Gasteiger partial charge >= 0.3 is 0 Å². The van der Waals surface area contributed by atoms with E-state index in [0.29, 0.717) is 16.7 Å². The number of furan rings is 1. The lowest BCUT2D eigenvalue weighted by molar-refractivity contribution is -0.114. The summed E-state index contributed by atoms with van der Waals surface area (Å²) in [6, 6.07) is 5.36. The predicted molar refractivity (Wildman–Crippen MR) is 85.4 cm³/mol. The van der Waals surface area contributed by atoms with Crippen LogP contribution in [0.3, 0.4) is 0 Å². The Labute approximate surface area is 130 Å². The predicted octanol–water partition coefficient (Wildman–Crippen LogP) is 3.41. The molecule has 0 aliphatic carbocycles. The number of nitrogens with zero attached hydrogens (tertiary/aromatic N) is 1. The topological polar surface area (TPSA) is 62.6 Å². The van der Waals surface area contributed by atoms with E-state index >= 15 is 0 Å². The number of benzene rings is 1. The van der Waals surface area contributed by atoms with Crippen LogP contribution in [0.2, 0.25) is 0 Å². The van der Waals surface area contributed by atoms with Gasteiger partial charge in [0.05, 0.1) is 5.69 Å². The summed E-state index contributed by atoms with van der Waals surface area (Å²) >= 11 is 3.37. The highest BCUT2D eigenvalue weighted by molar-refractivity contribution is 9.10. The van der Waals surface area contributed by atoms with Crippen molar-refractivity contribution in [3.05, 3.63) is 40.7 Å². The third-order valence-corrected chi connectivity index (χ3v) is 3.19. The summed E-state index contributed by atoms with van der Waals surface area (Å²) in [5.41, 5.74) is 0.941. The lowest BCUT2D eigenvalue weighted by Gasteiger charge is -2.03. The third kappa shape index (κ3) is 3.52. The first-order valence-corrected chi connectivity index (χ1v) is 7.06. The summed E-state index contributed by atoms with van der Waals surface area (Å²) < 4.78 is 6.43. The van der Waals surface area contributed by atoms with Crippen molar-refractivity contribution < 1.29 is 14.0 Å². The van der Waals surface area contributed by atoms with Crippen LogP contribution in [0.5, 0.6) is 0 Å². The molecule has 0 radical (unpaired) electrons. The van der Waals surface area contributed by atoms with E-state index in [0.717, 1.165) is 4.47 Å². The number of carbonyl (C=O) groups is 2. The molecule has 2 aromatic rings. The molecule has 0 aliphatic heterocycles. The number of halogens is 1. The van der Waals surface area contributed by atoms with Crippen molar-refractivity contribution in [1.29, 1.82) is 0 Å². The molecule has 0 saturated heterocycles. The number of amides is 1. The van der Waals surface area contributed by atoms with E-state index in [1.807, 2.05) is 20.2 Å². The maximum Gasteiger partial charge on any atom is 0.224 e. The lowest BCUT2D eigenvalue weighted by Crippen LogP contribution is -2.09. The van der Waals surface area contributed by atoms with Gasteiger partial charge in [-0.1, -0.05) is 15.9 Å². The quantitative estimate of drug-likeness (QED) is 0.677. The van der Waals surface area contributed by atoms with Gasteiger partial charge in [-0.05, 0) is 18.2 Å². The van der Waals surface area contributed by atoms with E-state index < -0.39 is 0 Å². The second-order valence-corrected chi connectivity index (χ2v) is 5.69. The first-order chi connectivity index (χ1) is 9.88. The Morgan fingerprint density at radius 2 is 2.05 bits per heavy atom. The zero-order valence-electron chi connectivity index (χ0n) is 11.9. The zero-order chi connectivity index (χ0) is 15.6. The molecule has 5 nitrogen and oxygen atoms in total. The van der Waals surface area contributed by atoms with Gasteiger partial charge in [-0.2, -0.15) is 0 Å². The van der Waals surface area contributed by atoms with E-state index in [-0.39, 0.29) is 17.5 Å². The number of nitrogens with one attached hydrogen (secondary N) is 1. The van der Waals surface area contributed by atoms with Crippen LogP contribution in [0.1, 0.15) is 17.5 Å². The normalized spacial score (nSPS) is 11.0. The van der Waals surface area contributed by atoms with Crippen molar-refractivity contribution >= 4 is 44.3 Å². The number of ketones is 1. The summed E-state index contributed by atoms with van der Waals surface area (Å²) in [5, 5.41) is 3.35. The van der Waals surface area contributed by atoms with Gasteiger partial charge < -0.3 is 14.6 Å². The second kappa shape index (κ2) is 6.13. The Hall–Kier alpha value is -2.08. The van der Waals surface area contributed by atoms with Crippen molar-refractivity contribution in [3.8, 4) is 0 Å². The molecule has 0 fully saturated rings. The van der Waals surface area contributed by atoms with Crippen LogP contribution < -0.4 is 5.32 Å². The first kappa shape index (κ1) is 15.3. The van der Waals surface area contributed by atoms with E-state index in [4.69, 9.17) is 4.42 Å². The zero-order valence-corrected chi connectivity index (χ0v) is 13.5. The van der Waals surface area contributed by atoms with Crippen LogP contribution in [-0.2, 0) is 4.79 Å². The molecule has 1 heterocycles. The molecule has 0 saturated carbocycles.